The predicted molar refractivity (Wildman–Crippen MR) is 73.6 cm³/mol. The zero-order chi connectivity index (χ0) is 14.0. The normalized spacial score (nSPS) is 22.4. The van der Waals surface area contributed by atoms with Crippen molar-refractivity contribution < 1.29 is 9.59 Å². The monoisotopic (exact) mass is 267 g/mol. The molecular weight excluding hydrogens is 242 g/mol. The van der Waals surface area contributed by atoms with Crippen molar-refractivity contribution in [1.82, 2.24) is 15.1 Å². The van der Waals surface area contributed by atoms with Crippen LogP contribution in [0.3, 0.4) is 0 Å². The maximum Gasteiger partial charge on any atom is 0.238 e. The Morgan fingerprint density at radius 3 is 2.16 bits per heavy atom. The van der Waals surface area contributed by atoms with Gasteiger partial charge in [-0.15, -0.1) is 0 Å². The van der Waals surface area contributed by atoms with E-state index in [1.54, 1.807) is 0 Å². The molecule has 0 atom stereocenters. The van der Waals surface area contributed by atoms with Gasteiger partial charge in [-0.3, -0.25) is 9.59 Å². The minimum absolute atomic E-state index is 0.0430. The number of rotatable bonds is 4. The van der Waals surface area contributed by atoms with E-state index < -0.39 is 5.41 Å². The fourth-order valence-corrected chi connectivity index (χ4v) is 2.63. The van der Waals surface area contributed by atoms with Gasteiger partial charge in [-0.1, -0.05) is 6.92 Å². The van der Waals surface area contributed by atoms with Crippen molar-refractivity contribution in [3.8, 4) is 0 Å². The molecule has 2 rings (SSSR count). The van der Waals surface area contributed by atoms with Crippen LogP contribution >= 0.6 is 0 Å². The lowest BCUT2D eigenvalue weighted by atomic mass is 10.0. The molecule has 2 fully saturated rings. The molecule has 2 amide bonds. The van der Waals surface area contributed by atoms with Gasteiger partial charge < -0.3 is 15.1 Å². The summed E-state index contributed by atoms with van der Waals surface area (Å²) in [6.07, 6.45) is 1.41. The standard InChI is InChI=1S/C14H25N3O2/c1-4-16-7-9-17(10-8-16)13(19)14(5-6-14)12(18)15-11(2)3/h11H,4-10H2,1-3H3,(H,15,18). The van der Waals surface area contributed by atoms with Crippen LogP contribution in [0.4, 0.5) is 0 Å². The van der Waals surface area contributed by atoms with Gasteiger partial charge in [0.05, 0.1) is 0 Å². The highest BCUT2D eigenvalue weighted by Gasteiger charge is 2.58. The first-order valence-corrected chi connectivity index (χ1v) is 7.32. The number of hydrogen-bond acceptors (Lipinski definition) is 3. The van der Waals surface area contributed by atoms with Crippen LogP contribution in [-0.4, -0.2) is 60.4 Å². The molecule has 1 saturated carbocycles. The number of likely N-dealkylation sites (N-methyl/N-ethyl adjacent to an activating group) is 1. The summed E-state index contributed by atoms with van der Waals surface area (Å²) in [5, 5.41) is 2.89. The highest BCUT2D eigenvalue weighted by Crippen LogP contribution is 2.47. The third kappa shape index (κ3) is 2.91. The second kappa shape index (κ2) is 5.49. The van der Waals surface area contributed by atoms with Crippen LogP contribution in [0.5, 0.6) is 0 Å². The molecule has 1 heterocycles. The van der Waals surface area contributed by atoms with E-state index in [9.17, 15) is 9.59 Å². The Labute approximate surface area is 115 Å². The third-order valence-electron chi connectivity index (χ3n) is 4.12. The van der Waals surface area contributed by atoms with E-state index in [0.717, 1.165) is 32.7 Å². The van der Waals surface area contributed by atoms with Crippen molar-refractivity contribution in [3.05, 3.63) is 0 Å². The molecule has 1 aliphatic carbocycles. The van der Waals surface area contributed by atoms with E-state index in [2.05, 4.69) is 17.1 Å². The first-order valence-electron chi connectivity index (χ1n) is 7.32. The SMILES string of the molecule is CCN1CCN(C(=O)C2(C(=O)NC(C)C)CC2)CC1. The van der Waals surface area contributed by atoms with Gasteiger partial charge in [0, 0.05) is 32.2 Å². The Balaban J connectivity index is 1.94. The van der Waals surface area contributed by atoms with Gasteiger partial charge >= 0.3 is 0 Å². The molecule has 0 radical (unpaired) electrons. The quantitative estimate of drug-likeness (QED) is 0.753. The fraction of sp³-hybridized carbons (Fsp3) is 0.857. The molecule has 0 aromatic heterocycles. The number of carbonyl (C=O) groups excluding carboxylic acids is 2. The topological polar surface area (TPSA) is 52.7 Å². The van der Waals surface area contributed by atoms with Crippen molar-refractivity contribution in [2.24, 2.45) is 5.41 Å². The van der Waals surface area contributed by atoms with Crippen LogP contribution in [-0.2, 0) is 9.59 Å². The summed E-state index contributed by atoms with van der Waals surface area (Å²) in [6, 6.07) is 0.0923. The Morgan fingerprint density at radius 2 is 1.74 bits per heavy atom. The fourth-order valence-electron chi connectivity index (χ4n) is 2.63. The molecule has 1 saturated heterocycles. The summed E-state index contributed by atoms with van der Waals surface area (Å²) in [6.45, 7) is 10.4. The average molecular weight is 267 g/mol. The Hall–Kier alpha value is -1.10. The van der Waals surface area contributed by atoms with Gasteiger partial charge in [0.25, 0.3) is 0 Å². The summed E-state index contributed by atoms with van der Waals surface area (Å²) < 4.78 is 0. The molecule has 5 nitrogen and oxygen atoms in total. The highest BCUT2D eigenvalue weighted by molar-refractivity contribution is 6.07. The van der Waals surface area contributed by atoms with Crippen LogP contribution in [0.2, 0.25) is 0 Å². The first-order chi connectivity index (χ1) is 8.99. The van der Waals surface area contributed by atoms with Crippen molar-refractivity contribution in [1.29, 1.82) is 0 Å². The summed E-state index contributed by atoms with van der Waals surface area (Å²) in [5.74, 6) is -0.0353. The van der Waals surface area contributed by atoms with E-state index in [4.69, 9.17) is 0 Å². The van der Waals surface area contributed by atoms with Crippen LogP contribution in [0.25, 0.3) is 0 Å². The molecule has 0 bridgehead atoms. The first kappa shape index (κ1) is 14.3. The van der Waals surface area contributed by atoms with Gasteiger partial charge in [0.2, 0.25) is 11.8 Å². The zero-order valence-electron chi connectivity index (χ0n) is 12.2. The van der Waals surface area contributed by atoms with E-state index in [-0.39, 0.29) is 17.9 Å². The zero-order valence-corrected chi connectivity index (χ0v) is 12.2. The van der Waals surface area contributed by atoms with E-state index in [1.807, 2.05) is 18.7 Å². The number of hydrogen-bond donors (Lipinski definition) is 1. The minimum atomic E-state index is -0.737. The Bertz CT molecular complexity index is 356. The lowest BCUT2D eigenvalue weighted by Crippen LogP contribution is -2.53. The second-order valence-corrected chi connectivity index (χ2v) is 5.94. The van der Waals surface area contributed by atoms with Gasteiger partial charge in [0.1, 0.15) is 5.41 Å². The molecule has 0 unspecified atom stereocenters. The Kier molecular flexibility index (Phi) is 4.13. The van der Waals surface area contributed by atoms with Gasteiger partial charge in [0.15, 0.2) is 0 Å². The van der Waals surface area contributed by atoms with Crippen molar-refractivity contribution in [3.63, 3.8) is 0 Å². The van der Waals surface area contributed by atoms with Gasteiger partial charge in [-0.2, -0.15) is 0 Å². The molecule has 0 spiro atoms. The van der Waals surface area contributed by atoms with E-state index in [1.165, 1.54) is 0 Å². The van der Waals surface area contributed by atoms with Crippen LogP contribution in [0.1, 0.15) is 33.6 Å². The van der Waals surface area contributed by atoms with Crippen LogP contribution in [0.15, 0.2) is 0 Å². The highest BCUT2D eigenvalue weighted by atomic mass is 16.2. The molecule has 1 aliphatic heterocycles. The second-order valence-electron chi connectivity index (χ2n) is 5.94. The lowest BCUT2D eigenvalue weighted by molar-refractivity contribution is -0.145. The molecule has 0 aromatic carbocycles. The summed E-state index contributed by atoms with van der Waals surface area (Å²) in [4.78, 5) is 28.9. The van der Waals surface area contributed by atoms with Crippen molar-refractivity contribution in [2.75, 3.05) is 32.7 Å². The largest absolute Gasteiger partial charge is 0.353 e. The number of nitrogens with one attached hydrogen (secondary N) is 1. The number of nitrogens with zero attached hydrogens (tertiary/aromatic N) is 2. The number of piperazine rings is 1. The van der Waals surface area contributed by atoms with Crippen LogP contribution in [0, 0.1) is 5.41 Å². The van der Waals surface area contributed by atoms with Crippen molar-refractivity contribution in [2.45, 2.75) is 39.7 Å². The van der Waals surface area contributed by atoms with Crippen molar-refractivity contribution >= 4 is 11.8 Å². The summed E-state index contributed by atoms with van der Waals surface area (Å²) in [5.41, 5.74) is -0.737. The molecule has 5 heteroatoms. The maximum atomic E-state index is 12.5. The van der Waals surface area contributed by atoms with Gasteiger partial charge in [-0.25, -0.2) is 0 Å². The van der Waals surface area contributed by atoms with Gasteiger partial charge in [-0.05, 0) is 33.2 Å². The molecule has 0 aromatic rings. The van der Waals surface area contributed by atoms with Crippen LogP contribution < -0.4 is 5.32 Å². The average Bonchev–Trinajstić information content (AvgIpc) is 3.19. The third-order valence-corrected chi connectivity index (χ3v) is 4.12. The maximum absolute atomic E-state index is 12.5. The smallest absolute Gasteiger partial charge is 0.238 e. The molecule has 2 aliphatic rings. The summed E-state index contributed by atoms with van der Waals surface area (Å²) in [7, 11) is 0. The van der Waals surface area contributed by atoms with E-state index in [0.29, 0.717) is 12.8 Å². The molecule has 108 valence electrons. The number of carbonyl (C=O) groups is 2. The number of amides is 2. The molecular formula is C14H25N3O2. The lowest BCUT2D eigenvalue weighted by Gasteiger charge is -2.35. The minimum Gasteiger partial charge on any atom is -0.353 e. The summed E-state index contributed by atoms with van der Waals surface area (Å²) >= 11 is 0. The Morgan fingerprint density at radius 1 is 1.16 bits per heavy atom. The molecule has 19 heavy (non-hydrogen) atoms. The predicted octanol–water partition coefficient (Wildman–Crippen LogP) is 0.455. The molecule has 1 N–H and O–H groups in total. The van der Waals surface area contributed by atoms with E-state index >= 15 is 0 Å².